The van der Waals surface area contributed by atoms with Crippen LogP contribution in [0.2, 0.25) is 0 Å². The van der Waals surface area contributed by atoms with Crippen LogP contribution in [0, 0.1) is 5.92 Å². The van der Waals surface area contributed by atoms with Crippen molar-refractivity contribution in [2.75, 3.05) is 19.7 Å². The molecule has 2 N–H and O–H groups in total. The first-order valence-electron chi connectivity index (χ1n) is 7.81. The molecule has 106 valence electrons. The Hall–Kier alpha value is -0.120. The first-order valence-corrected chi connectivity index (χ1v) is 7.81. The molecule has 0 aromatic heterocycles. The van der Waals surface area contributed by atoms with Crippen molar-refractivity contribution in [3.63, 3.8) is 0 Å². The molecule has 2 rings (SSSR count). The highest BCUT2D eigenvalue weighted by Crippen LogP contribution is 2.29. The zero-order valence-electron chi connectivity index (χ0n) is 12.1. The summed E-state index contributed by atoms with van der Waals surface area (Å²) in [6.07, 6.45) is 8.18. The molecule has 0 radical (unpaired) electrons. The number of rotatable bonds is 4. The van der Waals surface area contributed by atoms with E-state index in [1.165, 1.54) is 51.6 Å². The Labute approximate surface area is 112 Å². The average molecular weight is 254 g/mol. The lowest BCUT2D eigenvalue weighted by Crippen LogP contribution is -2.51. The number of nitrogens with zero attached hydrogens (tertiary/aromatic N) is 1. The molecule has 0 amide bonds. The van der Waals surface area contributed by atoms with Crippen LogP contribution in [-0.2, 0) is 0 Å². The van der Waals surface area contributed by atoms with Crippen LogP contribution in [0.25, 0.3) is 0 Å². The lowest BCUT2D eigenvalue weighted by molar-refractivity contribution is 0.0781. The van der Waals surface area contributed by atoms with E-state index in [2.05, 4.69) is 24.1 Å². The van der Waals surface area contributed by atoms with Crippen LogP contribution in [0.15, 0.2) is 0 Å². The quantitative estimate of drug-likeness (QED) is 0.805. The molecule has 1 saturated heterocycles. The molecule has 3 nitrogen and oxygen atoms in total. The number of aliphatic hydroxyl groups is 1. The zero-order valence-corrected chi connectivity index (χ0v) is 12.1. The predicted molar refractivity (Wildman–Crippen MR) is 75.7 cm³/mol. The summed E-state index contributed by atoms with van der Waals surface area (Å²) in [5, 5.41) is 12.6. The van der Waals surface area contributed by atoms with Gasteiger partial charge in [-0.25, -0.2) is 0 Å². The van der Waals surface area contributed by atoms with Crippen LogP contribution in [0.3, 0.4) is 0 Å². The van der Waals surface area contributed by atoms with Gasteiger partial charge in [0.1, 0.15) is 0 Å². The van der Waals surface area contributed by atoms with Crippen LogP contribution >= 0.6 is 0 Å². The van der Waals surface area contributed by atoms with Crippen molar-refractivity contribution in [2.45, 2.75) is 70.5 Å². The van der Waals surface area contributed by atoms with Crippen LogP contribution in [-0.4, -0.2) is 47.8 Å². The van der Waals surface area contributed by atoms with E-state index in [1.54, 1.807) is 0 Å². The van der Waals surface area contributed by atoms with E-state index in [-0.39, 0.29) is 12.6 Å². The lowest BCUT2D eigenvalue weighted by atomic mass is 9.84. The molecule has 1 aliphatic heterocycles. The number of nitrogens with one attached hydrogen (secondary N) is 1. The van der Waals surface area contributed by atoms with Crippen LogP contribution < -0.4 is 5.32 Å². The second kappa shape index (κ2) is 6.88. The molecule has 0 spiro atoms. The monoisotopic (exact) mass is 254 g/mol. The zero-order chi connectivity index (χ0) is 13.0. The Morgan fingerprint density at radius 1 is 1.17 bits per heavy atom. The first-order chi connectivity index (χ1) is 8.70. The van der Waals surface area contributed by atoms with Crippen LogP contribution in [0.5, 0.6) is 0 Å². The molecule has 18 heavy (non-hydrogen) atoms. The molecule has 1 aliphatic carbocycles. The van der Waals surface area contributed by atoms with Crippen molar-refractivity contribution in [1.29, 1.82) is 0 Å². The van der Waals surface area contributed by atoms with Gasteiger partial charge in [0.25, 0.3) is 0 Å². The summed E-state index contributed by atoms with van der Waals surface area (Å²) >= 11 is 0. The standard InChI is InChI=1S/C15H30N2O/c1-12-5-3-4-6-15(12)17-9-7-14(8-10-17)16-13(2)11-18/h12-16,18H,3-11H2,1-2H3/t12?,13-,15?/m1/s1. The summed E-state index contributed by atoms with van der Waals surface area (Å²) in [4.78, 5) is 2.73. The Morgan fingerprint density at radius 3 is 2.44 bits per heavy atom. The van der Waals surface area contributed by atoms with E-state index in [0.717, 1.165) is 12.0 Å². The minimum atomic E-state index is 0.246. The molecule has 2 fully saturated rings. The highest BCUT2D eigenvalue weighted by atomic mass is 16.3. The van der Waals surface area contributed by atoms with Crippen molar-refractivity contribution in [1.82, 2.24) is 10.2 Å². The summed E-state index contributed by atoms with van der Waals surface area (Å²) in [7, 11) is 0. The summed E-state index contributed by atoms with van der Waals surface area (Å²) in [6, 6.07) is 1.70. The Bertz CT molecular complexity index is 239. The Morgan fingerprint density at radius 2 is 1.83 bits per heavy atom. The Kier molecular flexibility index (Phi) is 5.46. The fourth-order valence-electron chi connectivity index (χ4n) is 3.69. The fourth-order valence-corrected chi connectivity index (χ4v) is 3.69. The minimum Gasteiger partial charge on any atom is -0.395 e. The molecule has 2 aliphatic rings. The van der Waals surface area contributed by atoms with Gasteiger partial charge in [-0.15, -0.1) is 0 Å². The van der Waals surface area contributed by atoms with Gasteiger partial charge < -0.3 is 15.3 Å². The molecule has 1 heterocycles. The topological polar surface area (TPSA) is 35.5 Å². The fraction of sp³-hybridized carbons (Fsp3) is 1.00. The molecule has 3 atom stereocenters. The van der Waals surface area contributed by atoms with Crippen molar-refractivity contribution < 1.29 is 5.11 Å². The smallest absolute Gasteiger partial charge is 0.0582 e. The maximum absolute atomic E-state index is 9.08. The van der Waals surface area contributed by atoms with E-state index in [1.807, 2.05) is 0 Å². The van der Waals surface area contributed by atoms with Crippen molar-refractivity contribution in [3.05, 3.63) is 0 Å². The number of aliphatic hydroxyl groups excluding tert-OH is 1. The number of hydrogen-bond acceptors (Lipinski definition) is 3. The minimum absolute atomic E-state index is 0.246. The molecular weight excluding hydrogens is 224 g/mol. The van der Waals surface area contributed by atoms with Gasteiger partial charge in [-0.05, 0) is 51.6 Å². The highest BCUT2D eigenvalue weighted by Gasteiger charge is 2.30. The van der Waals surface area contributed by atoms with Gasteiger partial charge in [0.05, 0.1) is 6.61 Å². The second-order valence-electron chi connectivity index (χ2n) is 6.39. The van der Waals surface area contributed by atoms with Crippen LogP contribution in [0.1, 0.15) is 52.4 Å². The predicted octanol–water partition coefficient (Wildman–Crippen LogP) is 2.00. The second-order valence-corrected chi connectivity index (χ2v) is 6.39. The molecule has 0 aromatic carbocycles. The van der Waals surface area contributed by atoms with Crippen molar-refractivity contribution >= 4 is 0 Å². The highest BCUT2D eigenvalue weighted by molar-refractivity contribution is 4.86. The van der Waals surface area contributed by atoms with Gasteiger partial charge in [-0.1, -0.05) is 19.8 Å². The van der Waals surface area contributed by atoms with Gasteiger partial charge in [-0.3, -0.25) is 0 Å². The largest absolute Gasteiger partial charge is 0.395 e. The molecule has 0 bridgehead atoms. The molecule has 0 aromatic rings. The summed E-state index contributed by atoms with van der Waals surface area (Å²) < 4.78 is 0. The maximum atomic E-state index is 9.08. The molecule has 1 saturated carbocycles. The number of piperidine rings is 1. The summed E-state index contributed by atoms with van der Waals surface area (Å²) in [5.41, 5.74) is 0. The third-order valence-electron chi connectivity index (χ3n) is 4.86. The van der Waals surface area contributed by atoms with E-state index < -0.39 is 0 Å². The summed E-state index contributed by atoms with van der Waals surface area (Å²) in [5.74, 6) is 0.889. The van der Waals surface area contributed by atoms with Crippen molar-refractivity contribution in [3.8, 4) is 0 Å². The number of likely N-dealkylation sites (tertiary alicyclic amines) is 1. The van der Waals surface area contributed by atoms with Gasteiger partial charge in [0.2, 0.25) is 0 Å². The van der Waals surface area contributed by atoms with Gasteiger partial charge in [-0.2, -0.15) is 0 Å². The van der Waals surface area contributed by atoms with Gasteiger partial charge in [0, 0.05) is 18.1 Å². The van der Waals surface area contributed by atoms with E-state index in [9.17, 15) is 0 Å². The Balaban J connectivity index is 1.75. The maximum Gasteiger partial charge on any atom is 0.0582 e. The van der Waals surface area contributed by atoms with E-state index in [4.69, 9.17) is 5.11 Å². The molecular formula is C15H30N2O. The normalized spacial score (nSPS) is 33.5. The molecule has 3 heteroatoms. The van der Waals surface area contributed by atoms with E-state index >= 15 is 0 Å². The third kappa shape index (κ3) is 3.69. The van der Waals surface area contributed by atoms with Gasteiger partial charge in [0.15, 0.2) is 0 Å². The average Bonchev–Trinajstić information content (AvgIpc) is 2.40. The van der Waals surface area contributed by atoms with Crippen LogP contribution in [0.4, 0.5) is 0 Å². The first kappa shape index (κ1) is 14.3. The summed E-state index contributed by atoms with van der Waals surface area (Å²) in [6.45, 7) is 7.23. The van der Waals surface area contributed by atoms with Gasteiger partial charge >= 0.3 is 0 Å². The molecule has 2 unspecified atom stereocenters. The number of hydrogen-bond donors (Lipinski definition) is 2. The third-order valence-corrected chi connectivity index (χ3v) is 4.86. The lowest BCUT2D eigenvalue weighted by Gasteiger charge is -2.42. The van der Waals surface area contributed by atoms with E-state index in [0.29, 0.717) is 6.04 Å². The van der Waals surface area contributed by atoms with Crippen molar-refractivity contribution in [2.24, 2.45) is 5.92 Å². The SMILES string of the molecule is CC1CCCCC1N1CCC(N[C@H](C)CO)CC1.